The molecule has 1 aromatic rings. The van der Waals surface area contributed by atoms with Gasteiger partial charge in [-0.2, -0.15) is 0 Å². The van der Waals surface area contributed by atoms with E-state index in [0.717, 1.165) is 11.1 Å². The zero-order valence-corrected chi connectivity index (χ0v) is 15.1. The summed E-state index contributed by atoms with van der Waals surface area (Å²) in [4.78, 5) is 25.8. The molecular formula is C19H27NO4. The molecule has 1 amide bonds. The first-order valence-electron chi connectivity index (χ1n) is 8.31. The summed E-state index contributed by atoms with van der Waals surface area (Å²) in [5, 5.41) is 9.84. The number of rotatable bonds is 2. The van der Waals surface area contributed by atoms with Gasteiger partial charge in [0, 0.05) is 19.0 Å². The molecule has 1 fully saturated rings. The molecular weight excluding hydrogens is 306 g/mol. The molecule has 2 atom stereocenters. The monoisotopic (exact) mass is 333 g/mol. The minimum absolute atomic E-state index is 0.130. The predicted octanol–water partition coefficient (Wildman–Crippen LogP) is 3.81. The van der Waals surface area contributed by atoms with Gasteiger partial charge in [0.2, 0.25) is 0 Å². The highest BCUT2D eigenvalue weighted by Gasteiger charge is 2.48. The lowest BCUT2D eigenvalue weighted by atomic mass is 9.69. The Kier molecular flexibility index (Phi) is 4.92. The number of carbonyl (C=O) groups is 2. The summed E-state index contributed by atoms with van der Waals surface area (Å²) in [6, 6.07) is 7.98. The van der Waals surface area contributed by atoms with Crippen molar-refractivity contribution in [1.29, 1.82) is 0 Å². The van der Waals surface area contributed by atoms with E-state index in [4.69, 9.17) is 4.74 Å². The lowest BCUT2D eigenvalue weighted by Crippen LogP contribution is -2.53. The number of carboxylic acids is 1. The molecule has 1 aliphatic heterocycles. The summed E-state index contributed by atoms with van der Waals surface area (Å²) in [6.07, 6.45) is 0.155. The Hall–Kier alpha value is -2.04. The number of aryl methyl sites for hydroxylation is 1. The van der Waals surface area contributed by atoms with Crippen LogP contribution >= 0.6 is 0 Å². The second kappa shape index (κ2) is 6.46. The molecule has 5 heteroatoms. The van der Waals surface area contributed by atoms with Crippen LogP contribution in [0.15, 0.2) is 24.3 Å². The molecule has 0 bridgehead atoms. The number of ether oxygens (including phenoxy) is 1. The molecule has 0 aromatic heterocycles. The maximum atomic E-state index is 12.3. The molecule has 1 saturated heterocycles. The molecule has 5 nitrogen and oxygen atoms in total. The third-order valence-electron chi connectivity index (χ3n) is 4.60. The molecule has 0 spiro atoms. The van der Waals surface area contributed by atoms with Crippen LogP contribution in [0.3, 0.4) is 0 Å². The molecule has 0 radical (unpaired) electrons. The molecule has 24 heavy (non-hydrogen) atoms. The smallest absolute Gasteiger partial charge is 0.410 e. The van der Waals surface area contributed by atoms with E-state index in [0.29, 0.717) is 13.0 Å². The molecule has 132 valence electrons. The molecule has 2 rings (SSSR count). The predicted molar refractivity (Wildman–Crippen MR) is 92.1 cm³/mol. The van der Waals surface area contributed by atoms with Crippen LogP contribution in [-0.2, 0) is 9.53 Å². The number of carboxylic acid groups (broad SMARTS) is 1. The van der Waals surface area contributed by atoms with Crippen molar-refractivity contribution in [2.24, 2.45) is 5.41 Å². The van der Waals surface area contributed by atoms with Crippen LogP contribution in [0.5, 0.6) is 0 Å². The van der Waals surface area contributed by atoms with Crippen LogP contribution in [-0.4, -0.2) is 40.8 Å². The first kappa shape index (κ1) is 18.3. The number of aliphatic carboxylic acids is 1. The largest absolute Gasteiger partial charge is 0.481 e. The van der Waals surface area contributed by atoms with E-state index >= 15 is 0 Å². The van der Waals surface area contributed by atoms with Crippen molar-refractivity contribution in [3.63, 3.8) is 0 Å². The highest BCUT2D eigenvalue weighted by atomic mass is 16.6. The summed E-state index contributed by atoms with van der Waals surface area (Å²) in [5.74, 6) is -1.02. The van der Waals surface area contributed by atoms with Crippen molar-refractivity contribution >= 4 is 12.1 Å². The summed E-state index contributed by atoms with van der Waals surface area (Å²) in [6.45, 7) is 9.79. The van der Waals surface area contributed by atoms with Gasteiger partial charge >= 0.3 is 12.1 Å². The molecule has 0 saturated carbocycles. The molecule has 0 unspecified atom stereocenters. The number of hydrogen-bond donors (Lipinski definition) is 1. The van der Waals surface area contributed by atoms with E-state index in [2.05, 4.69) is 0 Å². The van der Waals surface area contributed by atoms with E-state index in [1.54, 1.807) is 27.7 Å². The SMILES string of the molecule is Cc1ccc([C@H]2CCN(C(=O)OC(C)(C)C)C[C@]2(C)C(=O)O)cc1. The molecule has 1 aliphatic rings. The highest BCUT2D eigenvalue weighted by molar-refractivity contribution is 5.78. The molecule has 1 heterocycles. The normalized spacial score (nSPS) is 24.5. The van der Waals surface area contributed by atoms with E-state index in [-0.39, 0.29) is 12.5 Å². The second-order valence-electron chi connectivity index (χ2n) is 7.88. The van der Waals surface area contributed by atoms with E-state index < -0.39 is 23.1 Å². The van der Waals surface area contributed by atoms with Crippen molar-refractivity contribution < 1.29 is 19.4 Å². The average molecular weight is 333 g/mol. The van der Waals surface area contributed by atoms with E-state index in [9.17, 15) is 14.7 Å². The van der Waals surface area contributed by atoms with Crippen LogP contribution in [0, 0.1) is 12.3 Å². The quantitative estimate of drug-likeness (QED) is 0.893. The van der Waals surface area contributed by atoms with Gasteiger partial charge in [0.05, 0.1) is 5.41 Å². The minimum atomic E-state index is -1.04. The number of carbonyl (C=O) groups excluding carboxylic acids is 1. The van der Waals surface area contributed by atoms with Gasteiger partial charge in [0.25, 0.3) is 0 Å². The zero-order chi connectivity index (χ0) is 18.1. The summed E-state index contributed by atoms with van der Waals surface area (Å²) >= 11 is 0. The summed E-state index contributed by atoms with van der Waals surface area (Å²) in [7, 11) is 0. The van der Waals surface area contributed by atoms with Gasteiger partial charge in [-0.05, 0) is 46.6 Å². The standard InChI is InChI=1S/C19H27NO4/c1-13-6-8-14(9-7-13)15-10-11-20(12-19(15,5)16(21)22)17(23)24-18(2,3)4/h6-9,15H,10-12H2,1-5H3,(H,21,22)/t15-,19+/m1/s1. The Morgan fingerprint density at radius 1 is 1.25 bits per heavy atom. The van der Waals surface area contributed by atoms with Crippen molar-refractivity contribution in [3.05, 3.63) is 35.4 Å². The van der Waals surface area contributed by atoms with Gasteiger partial charge < -0.3 is 14.7 Å². The Bertz CT molecular complexity index is 617. The molecule has 1 N–H and O–H groups in total. The van der Waals surface area contributed by atoms with Crippen LogP contribution in [0.4, 0.5) is 4.79 Å². The lowest BCUT2D eigenvalue weighted by Gasteiger charge is -2.43. The highest BCUT2D eigenvalue weighted by Crippen LogP contribution is 2.43. The van der Waals surface area contributed by atoms with Crippen molar-refractivity contribution in [3.8, 4) is 0 Å². The maximum Gasteiger partial charge on any atom is 0.410 e. The van der Waals surface area contributed by atoms with Gasteiger partial charge in [-0.1, -0.05) is 29.8 Å². The van der Waals surface area contributed by atoms with Gasteiger partial charge in [0.15, 0.2) is 0 Å². The second-order valence-corrected chi connectivity index (χ2v) is 7.88. The van der Waals surface area contributed by atoms with Crippen molar-refractivity contribution in [2.45, 2.75) is 52.6 Å². The fourth-order valence-electron chi connectivity index (χ4n) is 3.22. The Morgan fingerprint density at radius 2 is 1.83 bits per heavy atom. The summed E-state index contributed by atoms with van der Waals surface area (Å²) in [5.41, 5.74) is 0.519. The van der Waals surface area contributed by atoms with Crippen LogP contribution in [0.2, 0.25) is 0 Å². The number of amides is 1. The van der Waals surface area contributed by atoms with E-state index in [1.807, 2.05) is 31.2 Å². The first-order valence-corrected chi connectivity index (χ1v) is 8.31. The molecule has 1 aromatic carbocycles. The number of nitrogens with zero attached hydrogens (tertiary/aromatic N) is 1. The Balaban J connectivity index is 2.24. The third kappa shape index (κ3) is 3.89. The third-order valence-corrected chi connectivity index (χ3v) is 4.60. The van der Waals surface area contributed by atoms with Crippen molar-refractivity contribution in [1.82, 2.24) is 4.90 Å². The number of likely N-dealkylation sites (tertiary alicyclic amines) is 1. The Morgan fingerprint density at radius 3 is 2.33 bits per heavy atom. The maximum absolute atomic E-state index is 12.3. The van der Waals surface area contributed by atoms with Crippen LogP contribution in [0.25, 0.3) is 0 Å². The van der Waals surface area contributed by atoms with Gasteiger partial charge in [-0.15, -0.1) is 0 Å². The van der Waals surface area contributed by atoms with Gasteiger partial charge in [0.1, 0.15) is 5.60 Å². The minimum Gasteiger partial charge on any atom is -0.481 e. The zero-order valence-electron chi connectivity index (χ0n) is 15.1. The topological polar surface area (TPSA) is 66.8 Å². The van der Waals surface area contributed by atoms with Gasteiger partial charge in [-0.25, -0.2) is 4.79 Å². The van der Waals surface area contributed by atoms with Crippen LogP contribution < -0.4 is 0 Å². The Labute approximate surface area is 143 Å². The van der Waals surface area contributed by atoms with Gasteiger partial charge in [-0.3, -0.25) is 4.79 Å². The molecule has 0 aliphatic carbocycles. The fourth-order valence-corrected chi connectivity index (χ4v) is 3.22. The van der Waals surface area contributed by atoms with Crippen LogP contribution in [0.1, 0.15) is 51.2 Å². The number of hydrogen-bond acceptors (Lipinski definition) is 3. The van der Waals surface area contributed by atoms with Crippen molar-refractivity contribution in [2.75, 3.05) is 13.1 Å². The first-order chi connectivity index (χ1) is 11.0. The summed E-state index contributed by atoms with van der Waals surface area (Å²) < 4.78 is 5.40. The average Bonchev–Trinajstić information content (AvgIpc) is 2.46. The number of benzene rings is 1. The number of piperidine rings is 1. The lowest BCUT2D eigenvalue weighted by molar-refractivity contribution is -0.152. The van der Waals surface area contributed by atoms with E-state index in [1.165, 1.54) is 4.90 Å². The fraction of sp³-hybridized carbons (Fsp3) is 0.579.